The molecule has 0 aromatic heterocycles. The molecule has 38 heavy (non-hydrogen) atoms. The quantitative estimate of drug-likeness (QED) is 0.156. The standard InChI is InChI=1S/3C6HCl5O.2Na/c3*7-1-2(8)4(10)6(12)5(11)3(1)9;;/h3*12H;;/q;;;2*+1/p-2. The van der Waals surface area contributed by atoms with Crippen molar-refractivity contribution in [2.24, 2.45) is 0 Å². The maximum atomic E-state index is 11.1. The fourth-order valence-corrected chi connectivity index (χ4v) is 5.13. The number of hydrogen-bond donors (Lipinski definition) is 1. The molecule has 0 heterocycles. The third-order valence-corrected chi connectivity index (χ3v) is 10.3. The first kappa shape index (κ1) is 43.5. The molecule has 1 N–H and O–H groups in total. The van der Waals surface area contributed by atoms with E-state index >= 15 is 0 Å². The molecule has 0 amide bonds. The van der Waals surface area contributed by atoms with Gasteiger partial charge in [-0.2, -0.15) is 0 Å². The predicted octanol–water partition coefficient (Wildman–Crippen LogP) is 6.72. The normalized spacial score (nSPS) is 9.87. The average Bonchev–Trinajstić information content (AvgIpc) is 2.87. The second kappa shape index (κ2) is 19.0. The molecule has 0 spiro atoms. The van der Waals surface area contributed by atoms with Gasteiger partial charge in [0, 0.05) is 0 Å². The molecule has 0 saturated carbocycles. The molecule has 0 atom stereocenters. The average molecular weight is 843 g/mol. The third kappa shape index (κ3) is 10.2. The zero-order valence-electron chi connectivity index (χ0n) is 17.9. The summed E-state index contributed by atoms with van der Waals surface area (Å²) in [7, 11) is 0. The van der Waals surface area contributed by atoms with Crippen molar-refractivity contribution in [3.63, 3.8) is 0 Å². The van der Waals surface area contributed by atoms with Crippen LogP contribution in [0.1, 0.15) is 0 Å². The fourth-order valence-electron chi connectivity index (χ4n) is 1.76. The smallest absolute Gasteiger partial charge is 0.870 e. The molecule has 0 radical (unpaired) electrons. The van der Waals surface area contributed by atoms with E-state index in [-0.39, 0.29) is 140 Å². The van der Waals surface area contributed by atoms with E-state index in [4.69, 9.17) is 174 Å². The van der Waals surface area contributed by atoms with Crippen LogP contribution in [-0.4, -0.2) is 5.11 Å². The molecule has 3 nitrogen and oxygen atoms in total. The van der Waals surface area contributed by atoms with Crippen LogP contribution in [0.3, 0.4) is 0 Å². The molecule has 0 aliphatic carbocycles. The summed E-state index contributed by atoms with van der Waals surface area (Å²) in [5.74, 6) is -1.59. The van der Waals surface area contributed by atoms with Crippen molar-refractivity contribution in [3.8, 4) is 17.2 Å². The summed E-state index contributed by atoms with van der Waals surface area (Å²) in [5.41, 5.74) is 0. The number of rotatable bonds is 0. The minimum Gasteiger partial charge on any atom is -0.870 e. The molecule has 198 valence electrons. The van der Waals surface area contributed by atoms with E-state index in [9.17, 15) is 15.3 Å². The molecule has 0 aliphatic rings. The minimum atomic E-state index is -0.613. The first-order chi connectivity index (χ1) is 16.4. The number of benzene rings is 3. The van der Waals surface area contributed by atoms with Crippen LogP contribution in [-0.2, 0) is 0 Å². The van der Waals surface area contributed by atoms with E-state index in [1.165, 1.54) is 0 Å². The zero-order valence-corrected chi connectivity index (χ0v) is 33.3. The van der Waals surface area contributed by atoms with Crippen LogP contribution in [0.2, 0.25) is 75.3 Å². The summed E-state index contributed by atoms with van der Waals surface area (Å²) in [6.45, 7) is 0. The van der Waals surface area contributed by atoms with E-state index in [0.717, 1.165) is 0 Å². The van der Waals surface area contributed by atoms with E-state index < -0.39 is 11.5 Å². The van der Waals surface area contributed by atoms with Crippen molar-refractivity contribution >= 4 is 174 Å². The molecule has 0 bridgehead atoms. The zero-order chi connectivity index (χ0) is 28.4. The van der Waals surface area contributed by atoms with E-state index in [1.54, 1.807) is 0 Å². The number of hydrogen-bond acceptors (Lipinski definition) is 3. The summed E-state index contributed by atoms with van der Waals surface area (Å²) in [6.07, 6.45) is 0. The number of aromatic hydroxyl groups is 1. The van der Waals surface area contributed by atoms with E-state index in [2.05, 4.69) is 0 Å². The Balaban J connectivity index is 0. The van der Waals surface area contributed by atoms with Gasteiger partial charge in [-0.25, -0.2) is 0 Å². The largest absolute Gasteiger partial charge is 1.00 e. The van der Waals surface area contributed by atoms with Gasteiger partial charge in [-0.15, -0.1) is 0 Å². The van der Waals surface area contributed by atoms with Gasteiger partial charge in [0.1, 0.15) is 10.0 Å². The molecule has 0 fully saturated rings. The van der Waals surface area contributed by atoms with Gasteiger partial charge in [-0.05, 0) is 0 Å². The van der Waals surface area contributed by atoms with Gasteiger partial charge < -0.3 is 15.3 Å². The summed E-state index contributed by atoms with van der Waals surface area (Å²) < 4.78 is 0. The van der Waals surface area contributed by atoms with E-state index in [0.29, 0.717) is 0 Å². The fraction of sp³-hybridized carbons (Fsp3) is 0. The molecular weight excluding hydrogens is 842 g/mol. The Morgan fingerprint density at radius 1 is 0.289 bits per heavy atom. The van der Waals surface area contributed by atoms with Crippen LogP contribution in [0, 0.1) is 0 Å². The van der Waals surface area contributed by atoms with Crippen LogP contribution >= 0.6 is 174 Å². The van der Waals surface area contributed by atoms with Crippen molar-refractivity contribution in [1.29, 1.82) is 0 Å². The maximum absolute atomic E-state index is 11.1. The molecule has 3 rings (SSSR count). The molecule has 3 aromatic carbocycles. The van der Waals surface area contributed by atoms with E-state index in [1.807, 2.05) is 0 Å². The van der Waals surface area contributed by atoms with Gasteiger partial charge in [0.2, 0.25) is 0 Å². The van der Waals surface area contributed by atoms with Crippen molar-refractivity contribution in [1.82, 2.24) is 0 Å². The van der Waals surface area contributed by atoms with Crippen LogP contribution < -0.4 is 69.3 Å². The first-order valence-electron chi connectivity index (χ1n) is 7.97. The van der Waals surface area contributed by atoms with Gasteiger partial charge in [0.15, 0.2) is 5.75 Å². The van der Waals surface area contributed by atoms with Crippen molar-refractivity contribution < 1.29 is 74.4 Å². The third-order valence-electron chi connectivity index (χ3n) is 3.53. The Morgan fingerprint density at radius 3 is 0.605 bits per heavy atom. The van der Waals surface area contributed by atoms with Crippen LogP contribution in [0.4, 0.5) is 0 Å². The van der Waals surface area contributed by atoms with Gasteiger partial charge in [0.25, 0.3) is 0 Å². The first-order valence-corrected chi connectivity index (χ1v) is 13.6. The SMILES string of the molecule is Oc1c(Cl)c(Cl)c(Cl)c(Cl)c1Cl.[Na+].[Na+].[O-]c1c(Cl)c(Cl)c(Cl)c(Cl)c1Cl.[O-]c1c(Cl)c(Cl)c(Cl)c(Cl)c1Cl. The Bertz CT molecular complexity index is 862. The van der Waals surface area contributed by atoms with Crippen molar-refractivity contribution in [2.45, 2.75) is 0 Å². The summed E-state index contributed by atoms with van der Waals surface area (Å²) in [4.78, 5) is 0. The monoisotopic (exact) mass is 836 g/mol. The summed E-state index contributed by atoms with van der Waals surface area (Å²) >= 11 is 83.2. The van der Waals surface area contributed by atoms with Crippen LogP contribution in [0.15, 0.2) is 0 Å². The maximum Gasteiger partial charge on any atom is 1.00 e. The Morgan fingerprint density at radius 2 is 0.421 bits per heavy atom. The van der Waals surface area contributed by atoms with Gasteiger partial charge in [0.05, 0.1) is 65.3 Å². The van der Waals surface area contributed by atoms with Gasteiger partial charge in [-0.1, -0.05) is 186 Å². The van der Waals surface area contributed by atoms with Crippen molar-refractivity contribution in [3.05, 3.63) is 75.3 Å². The topological polar surface area (TPSA) is 66.3 Å². The van der Waals surface area contributed by atoms with Gasteiger partial charge in [-0.3, -0.25) is 0 Å². The molecule has 0 aliphatic heterocycles. The predicted molar refractivity (Wildman–Crippen MR) is 155 cm³/mol. The van der Waals surface area contributed by atoms with Crippen molar-refractivity contribution in [2.75, 3.05) is 0 Å². The molecule has 0 saturated heterocycles. The Labute approximate surface area is 335 Å². The number of halogens is 15. The Kier molecular flexibility index (Phi) is 21.8. The number of phenols is 1. The minimum absolute atomic E-state index is 0. The van der Waals surface area contributed by atoms with Gasteiger partial charge >= 0.3 is 59.1 Å². The Hall–Kier alpha value is 3.41. The number of phenolic OH excluding ortho intramolecular Hbond substituents is 1. The summed E-state index contributed by atoms with van der Waals surface area (Å²) in [5, 5.41) is 30.0. The molecular formula is C18HCl15Na2O3. The summed E-state index contributed by atoms with van der Waals surface area (Å²) in [6, 6.07) is 0. The molecule has 0 unspecified atom stereocenters. The van der Waals surface area contributed by atoms with Crippen LogP contribution in [0.5, 0.6) is 17.2 Å². The molecule has 3 aromatic rings. The molecule has 20 heteroatoms. The second-order valence-electron chi connectivity index (χ2n) is 5.72. The van der Waals surface area contributed by atoms with Crippen LogP contribution in [0.25, 0.3) is 0 Å². The second-order valence-corrected chi connectivity index (χ2v) is 11.4.